The maximum atomic E-state index is 12.3. The van der Waals surface area contributed by atoms with Crippen LogP contribution in [0.15, 0.2) is 24.3 Å². The van der Waals surface area contributed by atoms with E-state index in [0.717, 1.165) is 31.2 Å². The van der Waals surface area contributed by atoms with Crippen LogP contribution in [-0.4, -0.2) is 11.1 Å². The minimum atomic E-state index is -4.32. The van der Waals surface area contributed by atoms with E-state index in [1.165, 1.54) is 0 Å². The highest BCUT2D eigenvalue weighted by atomic mass is 19.4. The molecule has 0 radical (unpaired) electrons. The van der Waals surface area contributed by atoms with Crippen molar-refractivity contribution in [3.8, 4) is 0 Å². The Morgan fingerprint density at radius 2 is 1.73 bits per heavy atom. The zero-order valence-corrected chi connectivity index (χ0v) is 7.78. The largest absolute Gasteiger partial charge is 0.395 e. The summed E-state index contributed by atoms with van der Waals surface area (Å²) in [7, 11) is 0. The van der Waals surface area contributed by atoms with Gasteiger partial charge in [-0.3, -0.25) is 10.1 Å². The van der Waals surface area contributed by atoms with Gasteiger partial charge in [0, 0.05) is 12.1 Å². The molecule has 0 heterocycles. The van der Waals surface area contributed by atoms with Crippen molar-refractivity contribution in [1.82, 2.24) is 0 Å². The third kappa shape index (κ3) is 2.68. The molecule has 0 aliphatic carbocycles. The van der Waals surface area contributed by atoms with Crippen molar-refractivity contribution in [2.75, 3.05) is 0 Å². The van der Waals surface area contributed by atoms with Crippen molar-refractivity contribution < 1.29 is 18.1 Å². The summed E-state index contributed by atoms with van der Waals surface area (Å²) in [4.78, 5) is 9.61. The summed E-state index contributed by atoms with van der Waals surface area (Å²) in [6.45, 7) is 1.02. The van der Waals surface area contributed by atoms with E-state index in [4.69, 9.17) is 0 Å². The average Bonchev–Trinajstić information content (AvgIpc) is 2.15. The molecule has 0 aromatic heterocycles. The summed E-state index contributed by atoms with van der Waals surface area (Å²) in [5, 5.41) is 10.3. The maximum Gasteiger partial charge on any atom is 0.395 e. The summed E-state index contributed by atoms with van der Waals surface area (Å²) >= 11 is 0. The van der Waals surface area contributed by atoms with Crippen molar-refractivity contribution in [2.24, 2.45) is 0 Å². The summed E-state index contributed by atoms with van der Waals surface area (Å²) in [6.07, 6.45) is -4.32. The fourth-order valence-electron chi connectivity index (χ4n) is 1.07. The molecule has 0 spiro atoms. The van der Waals surface area contributed by atoms with E-state index in [1.807, 2.05) is 0 Å². The third-order valence-corrected chi connectivity index (χ3v) is 2.09. The molecule has 0 aliphatic heterocycles. The van der Waals surface area contributed by atoms with Crippen molar-refractivity contribution >= 4 is 5.69 Å². The molecular formula is C9H8F3NO2. The molecule has 1 aromatic rings. The number of non-ortho nitro benzene ring substituents is 1. The third-order valence-electron chi connectivity index (χ3n) is 2.09. The maximum absolute atomic E-state index is 12.3. The van der Waals surface area contributed by atoms with Gasteiger partial charge in [-0.05, 0) is 12.5 Å². The van der Waals surface area contributed by atoms with Crippen molar-refractivity contribution in [1.29, 1.82) is 0 Å². The van der Waals surface area contributed by atoms with Gasteiger partial charge in [-0.15, -0.1) is 0 Å². The first-order chi connectivity index (χ1) is 6.82. The predicted molar refractivity (Wildman–Crippen MR) is 47.6 cm³/mol. The lowest BCUT2D eigenvalue weighted by molar-refractivity contribution is -0.384. The molecule has 1 aromatic carbocycles. The van der Waals surface area contributed by atoms with Gasteiger partial charge in [0.2, 0.25) is 0 Å². The molecule has 82 valence electrons. The van der Waals surface area contributed by atoms with Gasteiger partial charge in [0.05, 0.1) is 10.8 Å². The van der Waals surface area contributed by atoms with E-state index in [0.29, 0.717) is 0 Å². The van der Waals surface area contributed by atoms with E-state index < -0.39 is 17.0 Å². The van der Waals surface area contributed by atoms with Gasteiger partial charge in [-0.1, -0.05) is 12.1 Å². The first kappa shape index (κ1) is 11.5. The van der Waals surface area contributed by atoms with Crippen LogP contribution in [0.1, 0.15) is 18.4 Å². The molecule has 0 N–H and O–H groups in total. The highest BCUT2D eigenvalue weighted by Gasteiger charge is 2.36. The fourth-order valence-corrected chi connectivity index (χ4v) is 1.07. The number of hydrogen-bond donors (Lipinski definition) is 0. The smallest absolute Gasteiger partial charge is 0.258 e. The number of alkyl halides is 3. The quantitative estimate of drug-likeness (QED) is 0.566. The van der Waals surface area contributed by atoms with E-state index in [9.17, 15) is 23.3 Å². The Kier molecular flexibility index (Phi) is 2.97. The van der Waals surface area contributed by atoms with Gasteiger partial charge in [0.15, 0.2) is 0 Å². The van der Waals surface area contributed by atoms with E-state index >= 15 is 0 Å². The summed E-state index contributed by atoms with van der Waals surface area (Å²) in [5.74, 6) is -1.61. The highest BCUT2D eigenvalue weighted by molar-refractivity contribution is 5.34. The number of halogens is 3. The van der Waals surface area contributed by atoms with Crippen LogP contribution < -0.4 is 0 Å². The number of benzene rings is 1. The summed E-state index contributed by atoms with van der Waals surface area (Å²) in [5.41, 5.74) is -0.193. The standard InChI is InChI=1S/C9H8F3NO2/c1-6(9(10,11)12)7-2-4-8(5-3-7)13(14)15/h2-6H,1H3/t6-/m1/s1. The van der Waals surface area contributed by atoms with Crippen LogP contribution in [0.3, 0.4) is 0 Å². The summed E-state index contributed by atoms with van der Waals surface area (Å²) in [6, 6.07) is 4.38. The van der Waals surface area contributed by atoms with E-state index in [-0.39, 0.29) is 11.3 Å². The number of nitrogens with zero attached hydrogens (tertiary/aromatic N) is 1. The Morgan fingerprint density at radius 1 is 1.27 bits per heavy atom. The van der Waals surface area contributed by atoms with Gasteiger partial charge < -0.3 is 0 Å². The average molecular weight is 219 g/mol. The molecule has 0 saturated heterocycles. The first-order valence-corrected chi connectivity index (χ1v) is 4.13. The Morgan fingerprint density at radius 3 is 2.07 bits per heavy atom. The van der Waals surface area contributed by atoms with Crippen LogP contribution in [0.5, 0.6) is 0 Å². The highest BCUT2D eigenvalue weighted by Crippen LogP contribution is 2.34. The van der Waals surface area contributed by atoms with Gasteiger partial charge in [0.1, 0.15) is 0 Å². The second kappa shape index (κ2) is 3.88. The van der Waals surface area contributed by atoms with Crippen LogP contribution in [0.25, 0.3) is 0 Å². The minimum Gasteiger partial charge on any atom is -0.258 e. The monoisotopic (exact) mass is 219 g/mol. The second-order valence-corrected chi connectivity index (χ2v) is 3.11. The van der Waals surface area contributed by atoms with Crippen LogP contribution in [-0.2, 0) is 0 Å². The Bertz CT molecular complexity index is 359. The van der Waals surface area contributed by atoms with Crippen LogP contribution in [0.4, 0.5) is 18.9 Å². The van der Waals surface area contributed by atoms with Crippen LogP contribution in [0.2, 0.25) is 0 Å². The zero-order chi connectivity index (χ0) is 11.6. The predicted octanol–water partition coefficient (Wildman–Crippen LogP) is 3.26. The lowest BCUT2D eigenvalue weighted by Gasteiger charge is -2.15. The van der Waals surface area contributed by atoms with Crippen LogP contribution in [0, 0.1) is 10.1 Å². The fraction of sp³-hybridized carbons (Fsp3) is 0.333. The first-order valence-electron chi connectivity index (χ1n) is 4.13. The van der Waals surface area contributed by atoms with Gasteiger partial charge in [-0.2, -0.15) is 13.2 Å². The topological polar surface area (TPSA) is 43.1 Å². The molecular weight excluding hydrogens is 211 g/mol. The van der Waals surface area contributed by atoms with Crippen molar-refractivity contribution in [2.45, 2.75) is 19.0 Å². The number of nitro benzene ring substituents is 1. The number of rotatable bonds is 2. The van der Waals surface area contributed by atoms with Crippen LogP contribution >= 0.6 is 0 Å². The van der Waals surface area contributed by atoms with Gasteiger partial charge in [0.25, 0.3) is 5.69 Å². The molecule has 0 unspecified atom stereocenters. The van der Waals surface area contributed by atoms with Crippen molar-refractivity contribution in [3.05, 3.63) is 39.9 Å². The van der Waals surface area contributed by atoms with E-state index in [1.54, 1.807) is 0 Å². The molecule has 0 aliphatic rings. The molecule has 1 rings (SSSR count). The molecule has 1 atom stereocenters. The second-order valence-electron chi connectivity index (χ2n) is 3.11. The lowest BCUT2D eigenvalue weighted by Crippen LogP contribution is -2.17. The Balaban J connectivity index is 2.94. The molecule has 3 nitrogen and oxygen atoms in total. The summed E-state index contributed by atoms with van der Waals surface area (Å²) < 4.78 is 36.8. The van der Waals surface area contributed by atoms with Gasteiger partial charge >= 0.3 is 6.18 Å². The van der Waals surface area contributed by atoms with Gasteiger partial charge in [-0.25, -0.2) is 0 Å². The lowest BCUT2D eigenvalue weighted by atomic mass is 10.0. The molecule has 0 bridgehead atoms. The molecule has 6 heteroatoms. The zero-order valence-electron chi connectivity index (χ0n) is 7.78. The minimum absolute atomic E-state index is 0.0214. The normalized spacial score (nSPS) is 13.6. The molecule has 0 saturated carbocycles. The number of hydrogen-bond acceptors (Lipinski definition) is 2. The molecule has 0 fully saturated rings. The Labute approximate surface area is 83.7 Å². The SMILES string of the molecule is C[C@H](c1ccc([N+](=O)[O-])cc1)C(F)(F)F. The molecule has 15 heavy (non-hydrogen) atoms. The van der Waals surface area contributed by atoms with E-state index in [2.05, 4.69) is 0 Å². The van der Waals surface area contributed by atoms with Crippen molar-refractivity contribution in [3.63, 3.8) is 0 Å². The number of nitro groups is 1. The Hall–Kier alpha value is -1.59. The molecule has 0 amide bonds.